The molecular weight excluding hydrogens is 298 g/mol. The number of aliphatic hydroxyl groups excluding tert-OH is 1. The van der Waals surface area contributed by atoms with Crippen molar-refractivity contribution in [3.05, 3.63) is 0 Å². The molecule has 0 aromatic heterocycles. The standard InChI is InChI=1S/C9H17NO7S2/c11-4-1-8(9(12)13)10-19(16,17)7-2-5-18(14,15)6-3-7/h7-8,10-11H,1-6H2,(H,12,13)/t8-/m0/s1. The number of aliphatic hydroxyl groups is 1. The molecule has 0 aromatic carbocycles. The summed E-state index contributed by atoms with van der Waals surface area (Å²) in [6, 6.07) is -1.39. The van der Waals surface area contributed by atoms with Gasteiger partial charge in [0.15, 0.2) is 0 Å². The molecule has 1 rings (SSSR count). The fourth-order valence-electron chi connectivity index (χ4n) is 1.84. The van der Waals surface area contributed by atoms with Crippen LogP contribution in [0.4, 0.5) is 0 Å². The van der Waals surface area contributed by atoms with Crippen LogP contribution >= 0.6 is 0 Å². The first-order chi connectivity index (χ1) is 8.68. The van der Waals surface area contributed by atoms with Crippen LogP contribution in [0.2, 0.25) is 0 Å². The predicted molar refractivity (Wildman–Crippen MR) is 66.9 cm³/mol. The van der Waals surface area contributed by atoms with Crippen LogP contribution in [-0.4, -0.2) is 62.4 Å². The molecule has 19 heavy (non-hydrogen) atoms. The van der Waals surface area contributed by atoms with Crippen molar-refractivity contribution < 1.29 is 31.8 Å². The lowest BCUT2D eigenvalue weighted by atomic mass is 10.2. The maximum absolute atomic E-state index is 11.9. The monoisotopic (exact) mass is 315 g/mol. The SMILES string of the molecule is O=C(O)[C@H](CCO)NS(=O)(=O)C1CCS(=O)(=O)CC1. The van der Waals surface area contributed by atoms with Gasteiger partial charge in [0.25, 0.3) is 0 Å². The van der Waals surface area contributed by atoms with Crippen molar-refractivity contribution in [1.82, 2.24) is 4.72 Å². The summed E-state index contributed by atoms with van der Waals surface area (Å²) in [5, 5.41) is 16.6. The first-order valence-corrected chi connectivity index (χ1v) is 9.10. The molecule has 0 amide bonds. The highest BCUT2D eigenvalue weighted by Gasteiger charge is 2.35. The Bertz CT molecular complexity index is 511. The van der Waals surface area contributed by atoms with Crippen molar-refractivity contribution in [2.75, 3.05) is 18.1 Å². The molecule has 3 N–H and O–H groups in total. The van der Waals surface area contributed by atoms with Gasteiger partial charge in [-0.15, -0.1) is 0 Å². The zero-order valence-electron chi connectivity index (χ0n) is 10.1. The average molecular weight is 315 g/mol. The Hall–Kier alpha value is -0.710. The second-order valence-corrected chi connectivity index (χ2v) is 8.71. The minimum atomic E-state index is -3.91. The third kappa shape index (κ3) is 4.71. The fraction of sp³-hybridized carbons (Fsp3) is 0.889. The molecular formula is C9H17NO7S2. The van der Waals surface area contributed by atoms with E-state index in [1.807, 2.05) is 4.72 Å². The summed E-state index contributed by atoms with van der Waals surface area (Å²) in [7, 11) is -7.09. The molecule has 1 aliphatic heterocycles. The van der Waals surface area contributed by atoms with Crippen LogP contribution < -0.4 is 4.72 Å². The second-order valence-electron chi connectivity index (χ2n) is 4.42. The molecule has 0 spiro atoms. The zero-order valence-corrected chi connectivity index (χ0v) is 11.8. The molecule has 1 atom stereocenters. The Balaban J connectivity index is 2.73. The number of sulfonamides is 1. The normalized spacial score (nSPS) is 21.9. The van der Waals surface area contributed by atoms with Crippen molar-refractivity contribution in [2.45, 2.75) is 30.6 Å². The number of rotatable bonds is 6. The Labute approximate surface area is 111 Å². The van der Waals surface area contributed by atoms with Gasteiger partial charge >= 0.3 is 5.97 Å². The minimum Gasteiger partial charge on any atom is -0.480 e. The fourth-order valence-corrected chi connectivity index (χ4v) is 5.29. The number of hydrogen-bond donors (Lipinski definition) is 3. The van der Waals surface area contributed by atoms with Crippen LogP contribution in [0.1, 0.15) is 19.3 Å². The van der Waals surface area contributed by atoms with Crippen LogP contribution in [0.25, 0.3) is 0 Å². The van der Waals surface area contributed by atoms with E-state index in [1.54, 1.807) is 0 Å². The largest absolute Gasteiger partial charge is 0.480 e. The number of carboxylic acids is 1. The van der Waals surface area contributed by atoms with Crippen LogP contribution in [-0.2, 0) is 24.7 Å². The first-order valence-electron chi connectivity index (χ1n) is 5.73. The number of hydrogen-bond acceptors (Lipinski definition) is 6. The van der Waals surface area contributed by atoms with E-state index in [9.17, 15) is 21.6 Å². The molecule has 1 heterocycles. The Morgan fingerprint density at radius 1 is 1.32 bits per heavy atom. The quantitative estimate of drug-likeness (QED) is 0.532. The molecule has 8 nitrogen and oxygen atoms in total. The van der Waals surface area contributed by atoms with E-state index in [2.05, 4.69) is 0 Å². The summed E-state index contributed by atoms with van der Waals surface area (Å²) in [4.78, 5) is 10.8. The lowest BCUT2D eigenvalue weighted by Crippen LogP contribution is -2.47. The number of sulfone groups is 1. The Morgan fingerprint density at radius 3 is 2.26 bits per heavy atom. The highest BCUT2D eigenvalue weighted by molar-refractivity contribution is 7.92. The summed E-state index contributed by atoms with van der Waals surface area (Å²) >= 11 is 0. The highest BCUT2D eigenvalue weighted by Crippen LogP contribution is 2.19. The van der Waals surface area contributed by atoms with Gasteiger partial charge < -0.3 is 10.2 Å². The third-order valence-corrected chi connectivity index (χ3v) is 6.64. The van der Waals surface area contributed by atoms with Gasteiger partial charge in [-0.05, 0) is 19.3 Å². The van der Waals surface area contributed by atoms with Crippen LogP contribution in [0, 0.1) is 0 Å². The van der Waals surface area contributed by atoms with Gasteiger partial charge in [0, 0.05) is 6.61 Å². The van der Waals surface area contributed by atoms with Crippen LogP contribution in [0.5, 0.6) is 0 Å². The molecule has 0 radical (unpaired) electrons. The number of carbonyl (C=O) groups is 1. The molecule has 10 heteroatoms. The summed E-state index contributed by atoms with van der Waals surface area (Å²) in [5.74, 6) is -1.80. The predicted octanol–water partition coefficient (Wildman–Crippen LogP) is -1.68. The molecule has 0 bridgehead atoms. The van der Waals surface area contributed by atoms with Gasteiger partial charge in [0.2, 0.25) is 10.0 Å². The molecule has 0 unspecified atom stereocenters. The van der Waals surface area contributed by atoms with Gasteiger partial charge in [0.05, 0.1) is 16.8 Å². The maximum Gasteiger partial charge on any atom is 0.321 e. The number of nitrogens with one attached hydrogen (secondary N) is 1. The van der Waals surface area contributed by atoms with E-state index in [-0.39, 0.29) is 30.8 Å². The van der Waals surface area contributed by atoms with Crippen molar-refractivity contribution in [3.63, 3.8) is 0 Å². The maximum atomic E-state index is 11.9. The van der Waals surface area contributed by atoms with E-state index < -0.39 is 43.7 Å². The van der Waals surface area contributed by atoms with Gasteiger partial charge in [-0.2, -0.15) is 0 Å². The van der Waals surface area contributed by atoms with Crippen molar-refractivity contribution in [1.29, 1.82) is 0 Å². The third-order valence-electron chi connectivity index (χ3n) is 2.96. The van der Waals surface area contributed by atoms with Gasteiger partial charge in [-0.1, -0.05) is 0 Å². The van der Waals surface area contributed by atoms with Gasteiger partial charge in [-0.25, -0.2) is 21.6 Å². The second kappa shape index (κ2) is 6.16. The lowest BCUT2D eigenvalue weighted by molar-refractivity contribution is -0.139. The van der Waals surface area contributed by atoms with Crippen LogP contribution in [0.3, 0.4) is 0 Å². The lowest BCUT2D eigenvalue weighted by Gasteiger charge is -2.24. The van der Waals surface area contributed by atoms with Crippen molar-refractivity contribution in [2.24, 2.45) is 0 Å². The highest BCUT2D eigenvalue weighted by atomic mass is 32.2. The molecule has 0 saturated carbocycles. The smallest absolute Gasteiger partial charge is 0.321 e. The van der Waals surface area contributed by atoms with E-state index in [0.29, 0.717) is 0 Å². The first kappa shape index (κ1) is 16.3. The molecule has 1 fully saturated rings. The van der Waals surface area contributed by atoms with Crippen molar-refractivity contribution in [3.8, 4) is 0 Å². The number of aliphatic carboxylic acids is 1. The van der Waals surface area contributed by atoms with E-state index >= 15 is 0 Å². The summed E-state index contributed by atoms with van der Waals surface area (Å²) < 4.78 is 48.3. The van der Waals surface area contributed by atoms with Gasteiger partial charge in [-0.3, -0.25) is 4.79 Å². The van der Waals surface area contributed by atoms with Crippen LogP contribution in [0.15, 0.2) is 0 Å². The molecule has 1 saturated heterocycles. The van der Waals surface area contributed by atoms with E-state index in [0.717, 1.165) is 0 Å². The zero-order chi connectivity index (χ0) is 14.7. The molecule has 0 aliphatic carbocycles. The number of carboxylic acid groups (broad SMARTS) is 1. The molecule has 112 valence electrons. The van der Waals surface area contributed by atoms with Crippen molar-refractivity contribution >= 4 is 25.8 Å². The molecule has 0 aromatic rings. The van der Waals surface area contributed by atoms with Gasteiger partial charge in [0.1, 0.15) is 15.9 Å². The summed E-state index contributed by atoms with van der Waals surface area (Å²) in [5.41, 5.74) is 0. The van der Waals surface area contributed by atoms with E-state index in [1.165, 1.54) is 0 Å². The van der Waals surface area contributed by atoms with E-state index in [4.69, 9.17) is 10.2 Å². The Morgan fingerprint density at radius 2 is 1.84 bits per heavy atom. The topological polar surface area (TPSA) is 138 Å². The minimum absolute atomic E-state index is 0.0386. The summed E-state index contributed by atoms with van der Waals surface area (Å²) in [6.45, 7) is -0.460. The Kier molecular flexibility index (Phi) is 5.30. The average Bonchev–Trinajstić information content (AvgIpc) is 2.27. The molecule has 1 aliphatic rings. The summed E-state index contributed by atoms with van der Waals surface area (Å²) in [6.07, 6.45) is -0.314.